The second-order valence-corrected chi connectivity index (χ2v) is 10.8. The van der Waals surface area contributed by atoms with Crippen molar-refractivity contribution in [2.24, 2.45) is 23.2 Å². The Morgan fingerprint density at radius 3 is 2.46 bits per heavy atom. The summed E-state index contributed by atoms with van der Waals surface area (Å²) < 4.78 is 5.57. The minimum Gasteiger partial charge on any atom is -0.456 e. The van der Waals surface area contributed by atoms with E-state index in [1.165, 1.54) is 32.1 Å². The van der Waals surface area contributed by atoms with E-state index in [0.29, 0.717) is 12.3 Å². The van der Waals surface area contributed by atoms with Crippen molar-refractivity contribution in [1.29, 1.82) is 0 Å². The first-order valence-corrected chi connectivity index (χ1v) is 10.3. The van der Waals surface area contributed by atoms with Crippen LogP contribution in [0.25, 0.3) is 0 Å². The van der Waals surface area contributed by atoms with Gasteiger partial charge >= 0.3 is 5.97 Å². The third kappa shape index (κ3) is 3.51. The molecule has 4 bridgehead atoms. The standard InChI is InChI=1S/C19H28BrNO3/c1-12(15-2-3-15)21-16(22)10-24-17(23)9-18-5-13-4-14(6-18)8-19(20,7-13)11-18/h12-15H,2-11H2,1H3,(H,21,22)/t12-,13+,14+,18?,19?/m1/s1. The van der Waals surface area contributed by atoms with Crippen molar-refractivity contribution >= 4 is 27.8 Å². The molecular formula is C19H28BrNO3. The van der Waals surface area contributed by atoms with Gasteiger partial charge in [-0.05, 0) is 81.5 Å². The predicted octanol–water partition coefficient (Wildman–Crippen LogP) is 3.57. The van der Waals surface area contributed by atoms with E-state index in [2.05, 4.69) is 21.2 Å². The highest BCUT2D eigenvalue weighted by atomic mass is 79.9. The maximum atomic E-state index is 12.4. The van der Waals surface area contributed by atoms with Crippen LogP contribution < -0.4 is 5.32 Å². The van der Waals surface area contributed by atoms with Crippen LogP contribution in [0, 0.1) is 23.2 Å². The molecule has 0 saturated heterocycles. The lowest BCUT2D eigenvalue weighted by Crippen LogP contribution is -2.53. The van der Waals surface area contributed by atoms with Crippen molar-refractivity contribution in [2.45, 2.75) is 75.1 Å². The highest BCUT2D eigenvalue weighted by Crippen LogP contribution is 2.65. The Labute approximate surface area is 152 Å². The number of amides is 1. The van der Waals surface area contributed by atoms with Gasteiger partial charge in [-0.3, -0.25) is 9.59 Å². The minimum atomic E-state index is -0.192. The third-order valence-corrected chi connectivity index (χ3v) is 7.64. The van der Waals surface area contributed by atoms with Gasteiger partial charge in [0.05, 0.1) is 6.42 Å². The number of hydrogen-bond acceptors (Lipinski definition) is 3. The topological polar surface area (TPSA) is 55.4 Å². The van der Waals surface area contributed by atoms with Gasteiger partial charge in [0, 0.05) is 10.4 Å². The number of halogens is 1. The average molecular weight is 398 g/mol. The second-order valence-electron chi connectivity index (χ2n) is 9.14. The number of carbonyl (C=O) groups excluding carboxylic acids is 2. The van der Waals surface area contributed by atoms with E-state index in [4.69, 9.17) is 4.74 Å². The van der Waals surface area contributed by atoms with Crippen molar-refractivity contribution in [3.8, 4) is 0 Å². The van der Waals surface area contributed by atoms with Crippen molar-refractivity contribution in [3.63, 3.8) is 0 Å². The maximum Gasteiger partial charge on any atom is 0.306 e. The minimum absolute atomic E-state index is 0.114. The molecule has 1 amide bonds. The van der Waals surface area contributed by atoms with Crippen LogP contribution in [0.3, 0.4) is 0 Å². The molecule has 0 heterocycles. The van der Waals surface area contributed by atoms with Gasteiger partial charge in [0.25, 0.3) is 5.91 Å². The molecule has 4 nitrogen and oxygen atoms in total. The summed E-state index contributed by atoms with van der Waals surface area (Å²) in [7, 11) is 0. The molecule has 0 aromatic carbocycles. The van der Waals surface area contributed by atoms with Crippen LogP contribution in [0.1, 0.15) is 64.7 Å². The van der Waals surface area contributed by atoms with Gasteiger partial charge in [-0.15, -0.1) is 0 Å². The third-order valence-electron chi connectivity index (χ3n) is 6.71. The van der Waals surface area contributed by atoms with Gasteiger partial charge in [-0.2, -0.15) is 0 Å². The largest absolute Gasteiger partial charge is 0.456 e. The van der Waals surface area contributed by atoms with Gasteiger partial charge in [-0.25, -0.2) is 0 Å². The van der Waals surface area contributed by atoms with Gasteiger partial charge in [0.1, 0.15) is 0 Å². The number of carbonyl (C=O) groups is 2. The van der Waals surface area contributed by atoms with Crippen LogP contribution in [0.4, 0.5) is 0 Å². The maximum absolute atomic E-state index is 12.4. The molecule has 0 aliphatic heterocycles. The molecule has 5 saturated carbocycles. The summed E-state index contributed by atoms with van der Waals surface area (Å²) >= 11 is 3.98. The van der Waals surface area contributed by atoms with Gasteiger partial charge in [0.15, 0.2) is 6.61 Å². The first-order valence-electron chi connectivity index (χ1n) is 9.49. The molecule has 0 aromatic rings. The van der Waals surface area contributed by atoms with Gasteiger partial charge in [-0.1, -0.05) is 15.9 Å². The zero-order valence-corrected chi connectivity index (χ0v) is 16.1. The van der Waals surface area contributed by atoms with Crippen LogP contribution in [0.15, 0.2) is 0 Å². The Kier molecular flexibility index (Phi) is 4.21. The van der Waals surface area contributed by atoms with E-state index < -0.39 is 0 Å². The quantitative estimate of drug-likeness (QED) is 0.550. The number of esters is 1. The Balaban J connectivity index is 1.27. The van der Waals surface area contributed by atoms with Crippen LogP contribution in [0.5, 0.6) is 0 Å². The predicted molar refractivity (Wildman–Crippen MR) is 94.7 cm³/mol. The number of rotatable bonds is 6. The summed E-state index contributed by atoms with van der Waals surface area (Å²) in [6.07, 6.45) is 10.2. The average Bonchev–Trinajstić information content (AvgIpc) is 3.26. The fourth-order valence-electron chi connectivity index (χ4n) is 6.06. The van der Waals surface area contributed by atoms with Crippen molar-refractivity contribution in [3.05, 3.63) is 0 Å². The molecule has 24 heavy (non-hydrogen) atoms. The Bertz CT molecular complexity index is 531. The van der Waals surface area contributed by atoms with E-state index in [0.717, 1.165) is 31.1 Å². The van der Waals surface area contributed by atoms with Crippen LogP contribution in [-0.2, 0) is 14.3 Å². The van der Waals surface area contributed by atoms with Crippen molar-refractivity contribution < 1.29 is 14.3 Å². The highest BCUT2D eigenvalue weighted by molar-refractivity contribution is 9.10. The summed E-state index contributed by atoms with van der Waals surface area (Å²) in [6, 6.07) is 0.201. The zero-order chi connectivity index (χ0) is 16.9. The van der Waals surface area contributed by atoms with E-state index >= 15 is 0 Å². The van der Waals surface area contributed by atoms with Crippen LogP contribution in [0.2, 0.25) is 0 Å². The molecule has 3 atom stereocenters. The number of nitrogens with one attached hydrogen (secondary N) is 1. The monoisotopic (exact) mass is 397 g/mol. The summed E-state index contributed by atoms with van der Waals surface area (Å²) in [5.74, 6) is 1.79. The molecule has 5 aliphatic carbocycles. The summed E-state index contributed by atoms with van der Waals surface area (Å²) in [5, 5.41) is 2.94. The molecule has 5 fully saturated rings. The molecule has 5 aliphatic rings. The number of hydrogen-bond donors (Lipinski definition) is 1. The lowest BCUT2D eigenvalue weighted by atomic mass is 9.49. The summed E-state index contributed by atoms with van der Waals surface area (Å²) in [6.45, 7) is 1.90. The molecule has 5 heteroatoms. The second kappa shape index (κ2) is 6.00. The lowest BCUT2D eigenvalue weighted by molar-refractivity contribution is -0.154. The fraction of sp³-hybridized carbons (Fsp3) is 0.895. The summed E-state index contributed by atoms with van der Waals surface area (Å²) in [4.78, 5) is 24.3. The van der Waals surface area contributed by atoms with Gasteiger partial charge in [0.2, 0.25) is 0 Å². The van der Waals surface area contributed by atoms with Gasteiger partial charge < -0.3 is 10.1 Å². The Morgan fingerprint density at radius 1 is 1.21 bits per heavy atom. The molecule has 1 N–H and O–H groups in total. The Morgan fingerprint density at radius 2 is 1.88 bits per heavy atom. The van der Waals surface area contributed by atoms with E-state index in [1.54, 1.807) is 0 Å². The zero-order valence-electron chi connectivity index (χ0n) is 14.5. The first-order chi connectivity index (χ1) is 11.3. The fourth-order valence-corrected chi connectivity index (χ4v) is 7.57. The van der Waals surface area contributed by atoms with Crippen molar-refractivity contribution in [1.82, 2.24) is 5.32 Å². The van der Waals surface area contributed by atoms with E-state index in [-0.39, 0.29) is 34.3 Å². The number of alkyl halides is 1. The molecule has 5 rings (SSSR count). The first kappa shape index (κ1) is 16.9. The molecule has 0 unspecified atom stereocenters. The molecule has 0 radical (unpaired) electrons. The highest BCUT2D eigenvalue weighted by Gasteiger charge is 2.57. The van der Waals surface area contributed by atoms with E-state index in [9.17, 15) is 9.59 Å². The SMILES string of the molecule is C[C@@H](NC(=O)COC(=O)CC12C[C@@H]3C[C@H](CC(Br)(C3)C1)C2)C1CC1. The smallest absolute Gasteiger partial charge is 0.306 e. The molecule has 0 spiro atoms. The number of ether oxygens (including phenoxy) is 1. The summed E-state index contributed by atoms with van der Waals surface area (Å²) in [5.41, 5.74) is 0.114. The molecule has 0 aromatic heterocycles. The van der Waals surface area contributed by atoms with Crippen molar-refractivity contribution in [2.75, 3.05) is 6.61 Å². The Hall–Kier alpha value is -0.580. The van der Waals surface area contributed by atoms with E-state index in [1.807, 2.05) is 6.92 Å². The normalized spacial score (nSPS) is 41.1. The van der Waals surface area contributed by atoms with Crippen LogP contribution >= 0.6 is 15.9 Å². The van der Waals surface area contributed by atoms with Crippen LogP contribution in [-0.4, -0.2) is 28.8 Å². The molecule has 134 valence electrons. The lowest BCUT2D eigenvalue weighted by Gasteiger charge is -2.60. The molecular weight excluding hydrogens is 370 g/mol.